The van der Waals surface area contributed by atoms with E-state index in [1.807, 2.05) is 6.92 Å². The van der Waals surface area contributed by atoms with Gasteiger partial charge in [-0.2, -0.15) is 10.4 Å². The first-order chi connectivity index (χ1) is 15.9. The quantitative estimate of drug-likeness (QED) is 0.416. The summed E-state index contributed by atoms with van der Waals surface area (Å²) in [5, 5.41) is 17.9. The van der Waals surface area contributed by atoms with Crippen LogP contribution in [0.5, 0.6) is 0 Å². The average Bonchev–Trinajstić information content (AvgIpc) is 3.55. The van der Waals surface area contributed by atoms with Gasteiger partial charge >= 0.3 is 5.97 Å². The fourth-order valence-corrected chi connectivity index (χ4v) is 6.21. The van der Waals surface area contributed by atoms with Crippen molar-refractivity contribution in [3.05, 3.63) is 62.7 Å². The molecule has 0 fully saturated rings. The van der Waals surface area contributed by atoms with Crippen molar-refractivity contribution < 1.29 is 18.7 Å². The lowest BCUT2D eigenvalue weighted by Crippen LogP contribution is -2.20. The highest BCUT2D eigenvalue weighted by Gasteiger charge is 2.24. The lowest BCUT2D eigenvalue weighted by Gasteiger charge is -2.05. The van der Waals surface area contributed by atoms with Crippen LogP contribution in [0.4, 0.5) is 9.39 Å². The van der Waals surface area contributed by atoms with E-state index in [1.165, 1.54) is 34.8 Å². The number of amides is 1. The van der Waals surface area contributed by atoms with Crippen LogP contribution in [-0.4, -0.2) is 28.3 Å². The second-order valence-corrected chi connectivity index (χ2v) is 9.74. The molecule has 3 aromatic heterocycles. The van der Waals surface area contributed by atoms with Crippen LogP contribution >= 0.6 is 22.7 Å². The number of hydrogen-bond acceptors (Lipinski definition) is 7. The predicted molar refractivity (Wildman–Crippen MR) is 124 cm³/mol. The molecule has 0 aliphatic heterocycles. The molecule has 1 amide bonds. The summed E-state index contributed by atoms with van der Waals surface area (Å²) in [5.41, 5.74) is 2.92. The summed E-state index contributed by atoms with van der Waals surface area (Å²) in [7, 11) is 0. The van der Waals surface area contributed by atoms with Crippen LogP contribution in [0.25, 0.3) is 15.9 Å². The van der Waals surface area contributed by atoms with Gasteiger partial charge in [0.2, 0.25) is 0 Å². The molecule has 1 aliphatic rings. The molecule has 0 radical (unpaired) electrons. The Bertz CT molecular complexity index is 1440. The molecule has 1 aromatic carbocycles. The minimum absolute atomic E-state index is 0.335. The zero-order chi connectivity index (χ0) is 23.1. The zero-order valence-electron chi connectivity index (χ0n) is 17.5. The number of carbonyl (C=O) groups is 2. The molecular weight excluding hydrogens is 463 g/mol. The van der Waals surface area contributed by atoms with Crippen LogP contribution in [0.15, 0.2) is 30.3 Å². The topological polar surface area (TPSA) is 97.0 Å². The molecule has 1 N–H and O–H groups in total. The van der Waals surface area contributed by atoms with Crippen molar-refractivity contribution >= 4 is 49.8 Å². The van der Waals surface area contributed by atoms with E-state index in [2.05, 4.69) is 16.5 Å². The number of carbonyl (C=O) groups excluding carboxylic acids is 2. The third-order valence-corrected chi connectivity index (χ3v) is 7.74. The highest BCUT2D eigenvalue weighted by Crippen LogP contribution is 2.38. The van der Waals surface area contributed by atoms with Crippen molar-refractivity contribution in [2.45, 2.75) is 26.2 Å². The number of benzene rings is 1. The molecule has 0 unspecified atom stereocenters. The molecule has 5 rings (SSSR count). The second-order valence-electron chi connectivity index (χ2n) is 7.60. The molecule has 4 aromatic rings. The number of halogens is 1. The molecule has 0 spiro atoms. The average molecular weight is 481 g/mol. The van der Waals surface area contributed by atoms with E-state index < -0.39 is 18.5 Å². The van der Waals surface area contributed by atoms with Gasteiger partial charge in [-0.15, -0.1) is 22.7 Å². The number of thiophene rings is 2. The fourth-order valence-electron chi connectivity index (χ4n) is 3.88. The molecule has 0 saturated heterocycles. The fraction of sp³-hybridized carbons (Fsp3) is 0.217. The van der Waals surface area contributed by atoms with Crippen LogP contribution in [0, 0.1) is 24.1 Å². The Kier molecular flexibility index (Phi) is 5.44. The number of aromatic nitrogens is 2. The monoisotopic (exact) mass is 480 g/mol. The Morgan fingerprint density at radius 1 is 1.27 bits per heavy atom. The third-order valence-electron chi connectivity index (χ3n) is 5.44. The summed E-state index contributed by atoms with van der Waals surface area (Å²) in [6.07, 6.45) is 2.79. The van der Waals surface area contributed by atoms with Gasteiger partial charge in [-0.1, -0.05) is 0 Å². The van der Waals surface area contributed by atoms with E-state index in [0.29, 0.717) is 21.1 Å². The van der Waals surface area contributed by atoms with E-state index in [9.17, 15) is 19.2 Å². The van der Waals surface area contributed by atoms with Crippen molar-refractivity contribution in [1.82, 2.24) is 9.78 Å². The van der Waals surface area contributed by atoms with Gasteiger partial charge in [0.15, 0.2) is 6.61 Å². The molecule has 0 saturated carbocycles. The Morgan fingerprint density at radius 2 is 2.06 bits per heavy atom. The first-order valence-electron chi connectivity index (χ1n) is 10.2. The van der Waals surface area contributed by atoms with E-state index in [1.54, 1.807) is 22.9 Å². The summed E-state index contributed by atoms with van der Waals surface area (Å²) in [6, 6.07) is 9.77. The van der Waals surface area contributed by atoms with E-state index >= 15 is 0 Å². The standard InChI is InChI=1S/C23H17FN4O3S2/c1-12-16-9-19(33-22(16)28(27-12)14-7-5-13(24)6-8-14)23(30)31-11-20(29)26-21-17(10-25)15-3-2-4-18(15)32-21/h5-9H,2-4,11H2,1H3,(H,26,29). The molecule has 33 heavy (non-hydrogen) atoms. The Labute approximate surface area is 196 Å². The summed E-state index contributed by atoms with van der Waals surface area (Å²) in [4.78, 5) is 27.1. The van der Waals surface area contributed by atoms with E-state index in [4.69, 9.17) is 4.74 Å². The maximum absolute atomic E-state index is 13.3. The second kappa shape index (κ2) is 8.42. The van der Waals surface area contributed by atoms with Crippen molar-refractivity contribution in [2.75, 3.05) is 11.9 Å². The van der Waals surface area contributed by atoms with Crippen molar-refractivity contribution in [3.8, 4) is 11.8 Å². The first kappa shape index (κ1) is 21.3. The number of fused-ring (bicyclic) bond motifs is 2. The smallest absolute Gasteiger partial charge is 0.348 e. The lowest BCUT2D eigenvalue weighted by atomic mass is 10.1. The number of hydrogen-bond donors (Lipinski definition) is 1. The van der Waals surface area contributed by atoms with Crippen LogP contribution < -0.4 is 5.32 Å². The number of esters is 1. The summed E-state index contributed by atoms with van der Waals surface area (Å²) in [6.45, 7) is 1.37. The third kappa shape index (κ3) is 3.90. The highest BCUT2D eigenvalue weighted by atomic mass is 32.1. The van der Waals surface area contributed by atoms with E-state index in [0.717, 1.165) is 45.6 Å². The maximum Gasteiger partial charge on any atom is 0.348 e. The Morgan fingerprint density at radius 3 is 2.82 bits per heavy atom. The molecule has 0 bridgehead atoms. The molecule has 3 heterocycles. The van der Waals surface area contributed by atoms with Crippen LogP contribution in [0.1, 0.15) is 37.8 Å². The van der Waals surface area contributed by atoms with Crippen molar-refractivity contribution in [1.29, 1.82) is 5.26 Å². The lowest BCUT2D eigenvalue weighted by molar-refractivity contribution is -0.119. The van der Waals surface area contributed by atoms with Crippen LogP contribution in [0.3, 0.4) is 0 Å². The number of rotatable bonds is 5. The van der Waals surface area contributed by atoms with E-state index in [-0.39, 0.29) is 5.82 Å². The number of aryl methyl sites for hydroxylation is 2. The highest BCUT2D eigenvalue weighted by molar-refractivity contribution is 7.20. The van der Waals surface area contributed by atoms with Crippen LogP contribution in [0.2, 0.25) is 0 Å². The number of nitrogens with zero attached hydrogens (tertiary/aromatic N) is 3. The normalized spacial score (nSPS) is 12.5. The Hall–Kier alpha value is -3.55. The number of anilines is 1. The molecule has 7 nitrogen and oxygen atoms in total. The van der Waals surface area contributed by atoms with Gasteiger partial charge in [0.25, 0.3) is 5.91 Å². The van der Waals surface area contributed by atoms with Crippen LogP contribution in [-0.2, 0) is 22.4 Å². The molecule has 10 heteroatoms. The van der Waals surface area contributed by atoms with Crippen molar-refractivity contribution in [3.63, 3.8) is 0 Å². The zero-order valence-corrected chi connectivity index (χ0v) is 19.1. The SMILES string of the molecule is Cc1nn(-c2ccc(F)cc2)c2sc(C(=O)OCC(=O)Nc3sc4c(c3C#N)CCC4)cc12. The Balaban J connectivity index is 1.29. The van der Waals surface area contributed by atoms with Gasteiger partial charge < -0.3 is 10.1 Å². The first-order valence-corrected chi connectivity index (χ1v) is 11.8. The van der Waals surface area contributed by atoms with Gasteiger partial charge in [0, 0.05) is 10.3 Å². The summed E-state index contributed by atoms with van der Waals surface area (Å²) in [5.74, 6) is -1.46. The number of ether oxygens (including phenoxy) is 1. The van der Waals surface area contributed by atoms with Gasteiger partial charge in [0.1, 0.15) is 26.6 Å². The predicted octanol–water partition coefficient (Wildman–Crippen LogP) is 4.75. The molecule has 166 valence electrons. The van der Waals surface area contributed by atoms with Gasteiger partial charge in [-0.05, 0) is 62.1 Å². The largest absolute Gasteiger partial charge is 0.451 e. The summed E-state index contributed by atoms with van der Waals surface area (Å²) >= 11 is 2.60. The van der Waals surface area contributed by atoms with Crippen molar-refractivity contribution in [2.24, 2.45) is 0 Å². The number of nitriles is 1. The van der Waals surface area contributed by atoms with Gasteiger partial charge in [0.05, 0.1) is 16.9 Å². The van der Waals surface area contributed by atoms with Gasteiger partial charge in [-0.25, -0.2) is 13.9 Å². The summed E-state index contributed by atoms with van der Waals surface area (Å²) < 4.78 is 20.1. The minimum Gasteiger partial charge on any atom is -0.451 e. The molecule has 0 atom stereocenters. The maximum atomic E-state index is 13.3. The number of nitrogens with one attached hydrogen (secondary N) is 1. The minimum atomic E-state index is -0.620. The van der Waals surface area contributed by atoms with Gasteiger partial charge in [-0.3, -0.25) is 4.79 Å². The molecule has 1 aliphatic carbocycles. The molecular formula is C23H17FN4O3S2.